The third kappa shape index (κ3) is 2.83. The van der Waals surface area contributed by atoms with Gasteiger partial charge in [-0.05, 0) is 17.7 Å². The molecule has 82 valence electrons. The lowest BCUT2D eigenvalue weighted by Gasteiger charge is -2.08. The smallest absolute Gasteiger partial charge is 0.142 e. The number of halogens is 1. The third-order valence-electron chi connectivity index (χ3n) is 2.21. The maximum absolute atomic E-state index is 5.72. The van der Waals surface area contributed by atoms with Crippen molar-refractivity contribution in [2.24, 2.45) is 0 Å². The Kier molecular flexibility index (Phi) is 3.94. The van der Waals surface area contributed by atoms with Crippen molar-refractivity contribution in [1.29, 1.82) is 0 Å². The zero-order valence-electron chi connectivity index (χ0n) is 8.77. The van der Waals surface area contributed by atoms with Crippen LogP contribution in [0.25, 0.3) is 0 Å². The molecule has 0 spiro atoms. The van der Waals surface area contributed by atoms with E-state index in [1.165, 1.54) is 0 Å². The summed E-state index contributed by atoms with van der Waals surface area (Å²) in [6.07, 6.45) is 1.77. The Balaban J connectivity index is 2.05. The van der Waals surface area contributed by atoms with E-state index in [1.54, 1.807) is 6.20 Å². The Morgan fingerprint density at radius 3 is 2.62 bits per heavy atom. The van der Waals surface area contributed by atoms with Gasteiger partial charge in [-0.25, -0.2) is 0 Å². The van der Waals surface area contributed by atoms with Crippen LogP contribution in [0.1, 0.15) is 11.3 Å². The molecule has 0 saturated carbocycles. The number of alkyl halides is 1. The second-order valence-corrected chi connectivity index (χ2v) is 3.92. The van der Waals surface area contributed by atoms with Crippen LogP contribution in [0.5, 0.6) is 5.75 Å². The summed E-state index contributed by atoms with van der Waals surface area (Å²) in [6.45, 7) is 0.576. The maximum atomic E-state index is 5.72. The first kappa shape index (κ1) is 11.1. The van der Waals surface area contributed by atoms with Gasteiger partial charge < -0.3 is 4.74 Å². The molecule has 16 heavy (non-hydrogen) atoms. The third-order valence-corrected chi connectivity index (χ3v) is 2.74. The van der Waals surface area contributed by atoms with Crippen molar-refractivity contribution >= 4 is 15.9 Å². The lowest BCUT2D eigenvalue weighted by atomic mass is 10.2. The molecule has 1 aromatic heterocycles. The molecule has 0 aliphatic rings. The van der Waals surface area contributed by atoms with E-state index in [0.717, 1.165) is 17.0 Å². The van der Waals surface area contributed by atoms with E-state index in [2.05, 4.69) is 20.9 Å². The highest BCUT2D eigenvalue weighted by molar-refractivity contribution is 9.08. The average molecular weight is 278 g/mol. The lowest BCUT2D eigenvalue weighted by molar-refractivity contribution is 0.302. The molecule has 0 atom stereocenters. The Morgan fingerprint density at radius 1 is 1.06 bits per heavy atom. The largest absolute Gasteiger partial charge is 0.487 e. The second-order valence-electron chi connectivity index (χ2n) is 3.36. The SMILES string of the molecule is BrCc1ncccc1OCc1ccccc1. The Hall–Kier alpha value is -1.35. The van der Waals surface area contributed by atoms with Gasteiger partial charge in [0.25, 0.3) is 0 Å². The molecular formula is C13H12BrNO. The molecule has 0 radical (unpaired) electrons. The summed E-state index contributed by atoms with van der Waals surface area (Å²) >= 11 is 3.39. The molecule has 3 heteroatoms. The van der Waals surface area contributed by atoms with E-state index < -0.39 is 0 Å². The second kappa shape index (κ2) is 5.66. The molecular weight excluding hydrogens is 266 g/mol. The molecule has 2 aromatic rings. The first-order valence-electron chi connectivity index (χ1n) is 5.06. The van der Waals surface area contributed by atoms with Crippen LogP contribution in [-0.2, 0) is 11.9 Å². The minimum absolute atomic E-state index is 0.576. The number of pyridine rings is 1. The fraction of sp³-hybridized carbons (Fsp3) is 0.154. The van der Waals surface area contributed by atoms with Crippen LogP contribution in [0.15, 0.2) is 48.7 Å². The first-order chi connectivity index (χ1) is 7.90. The zero-order valence-corrected chi connectivity index (χ0v) is 10.4. The number of hydrogen-bond donors (Lipinski definition) is 0. The summed E-state index contributed by atoms with van der Waals surface area (Å²) in [7, 11) is 0. The molecule has 1 heterocycles. The van der Waals surface area contributed by atoms with Crippen molar-refractivity contribution in [3.63, 3.8) is 0 Å². The maximum Gasteiger partial charge on any atom is 0.142 e. The minimum Gasteiger partial charge on any atom is -0.487 e. The van der Waals surface area contributed by atoms with Gasteiger partial charge in [0.2, 0.25) is 0 Å². The summed E-state index contributed by atoms with van der Waals surface area (Å²) < 4.78 is 5.72. The van der Waals surface area contributed by atoms with Gasteiger partial charge >= 0.3 is 0 Å². The number of rotatable bonds is 4. The van der Waals surface area contributed by atoms with Crippen molar-refractivity contribution in [3.8, 4) is 5.75 Å². The van der Waals surface area contributed by atoms with Crippen LogP contribution in [-0.4, -0.2) is 4.98 Å². The Labute approximate surface area is 103 Å². The van der Waals surface area contributed by atoms with Crippen LogP contribution in [0, 0.1) is 0 Å². The number of ether oxygens (including phenoxy) is 1. The van der Waals surface area contributed by atoms with Crippen LogP contribution in [0.3, 0.4) is 0 Å². The molecule has 2 nitrogen and oxygen atoms in total. The quantitative estimate of drug-likeness (QED) is 0.798. The number of nitrogens with zero attached hydrogens (tertiary/aromatic N) is 1. The highest BCUT2D eigenvalue weighted by Gasteiger charge is 2.02. The molecule has 0 N–H and O–H groups in total. The van der Waals surface area contributed by atoms with E-state index in [0.29, 0.717) is 11.9 Å². The Morgan fingerprint density at radius 2 is 1.88 bits per heavy atom. The van der Waals surface area contributed by atoms with E-state index in [1.807, 2.05) is 42.5 Å². The highest BCUT2D eigenvalue weighted by atomic mass is 79.9. The van der Waals surface area contributed by atoms with Gasteiger partial charge in [0.1, 0.15) is 12.4 Å². The van der Waals surface area contributed by atoms with Crippen molar-refractivity contribution < 1.29 is 4.74 Å². The molecule has 0 aliphatic heterocycles. The van der Waals surface area contributed by atoms with Crippen molar-refractivity contribution in [2.45, 2.75) is 11.9 Å². The predicted molar refractivity (Wildman–Crippen MR) is 67.6 cm³/mol. The van der Waals surface area contributed by atoms with Crippen LogP contribution in [0.4, 0.5) is 0 Å². The molecule has 0 unspecified atom stereocenters. The predicted octanol–water partition coefficient (Wildman–Crippen LogP) is 3.56. The van der Waals surface area contributed by atoms with E-state index in [9.17, 15) is 0 Å². The molecule has 0 amide bonds. The molecule has 0 saturated heterocycles. The molecule has 0 aliphatic carbocycles. The van der Waals surface area contributed by atoms with Gasteiger partial charge in [-0.2, -0.15) is 0 Å². The van der Waals surface area contributed by atoms with Gasteiger partial charge in [-0.15, -0.1) is 0 Å². The lowest BCUT2D eigenvalue weighted by Crippen LogP contribution is -1.98. The van der Waals surface area contributed by atoms with Crippen LogP contribution in [0.2, 0.25) is 0 Å². The fourth-order valence-corrected chi connectivity index (χ4v) is 1.81. The van der Waals surface area contributed by atoms with Crippen LogP contribution >= 0.6 is 15.9 Å². The van der Waals surface area contributed by atoms with E-state index >= 15 is 0 Å². The summed E-state index contributed by atoms with van der Waals surface area (Å²) in [5.41, 5.74) is 2.09. The number of benzene rings is 1. The molecule has 0 bridgehead atoms. The normalized spacial score (nSPS) is 10.1. The fourth-order valence-electron chi connectivity index (χ4n) is 1.39. The van der Waals surface area contributed by atoms with Crippen LogP contribution < -0.4 is 4.74 Å². The summed E-state index contributed by atoms with van der Waals surface area (Å²) in [5.74, 6) is 0.836. The van der Waals surface area contributed by atoms with Gasteiger partial charge in [0, 0.05) is 11.5 Å². The summed E-state index contributed by atoms with van der Waals surface area (Å²) in [4.78, 5) is 4.24. The van der Waals surface area contributed by atoms with Gasteiger partial charge in [0.15, 0.2) is 0 Å². The standard InChI is InChI=1S/C13H12BrNO/c14-9-12-13(7-4-8-15-12)16-10-11-5-2-1-3-6-11/h1-8H,9-10H2. The summed E-state index contributed by atoms with van der Waals surface area (Å²) in [6, 6.07) is 13.9. The van der Waals surface area contributed by atoms with E-state index in [4.69, 9.17) is 4.74 Å². The monoisotopic (exact) mass is 277 g/mol. The van der Waals surface area contributed by atoms with Gasteiger partial charge in [-0.3, -0.25) is 4.98 Å². The first-order valence-corrected chi connectivity index (χ1v) is 6.19. The van der Waals surface area contributed by atoms with Gasteiger partial charge in [-0.1, -0.05) is 46.3 Å². The highest BCUT2D eigenvalue weighted by Crippen LogP contribution is 2.19. The molecule has 1 aromatic carbocycles. The van der Waals surface area contributed by atoms with Crippen molar-refractivity contribution in [3.05, 3.63) is 59.9 Å². The topological polar surface area (TPSA) is 22.1 Å². The van der Waals surface area contributed by atoms with E-state index in [-0.39, 0.29) is 0 Å². The zero-order chi connectivity index (χ0) is 11.2. The average Bonchev–Trinajstić information content (AvgIpc) is 2.38. The minimum atomic E-state index is 0.576. The molecule has 2 rings (SSSR count). The van der Waals surface area contributed by atoms with Crippen molar-refractivity contribution in [1.82, 2.24) is 4.98 Å². The number of hydrogen-bond acceptors (Lipinski definition) is 2. The van der Waals surface area contributed by atoms with Gasteiger partial charge in [0.05, 0.1) is 5.69 Å². The van der Waals surface area contributed by atoms with Crippen molar-refractivity contribution in [2.75, 3.05) is 0 Å². The number of aromatic nitrogens is 1. The Bertz CT molecular complexity index is 445. The summed E-state index contributed by atoms with van der Waals surface area (Å²) in [5, 5.41) is 0.706. The molecule has 0 fully saturated rings.